The van der Waals surface area contributed by atoms with Crippen molar-refractivity contribution in [1.82, 2.24) is 14.7 Å². The molecule has 0 radical (unpaired) electrons. The summed E-state index contributed by atoms with van der Waals surface area (Å²) < 4.78 is 9.52. The van der Waals surface area contributed by atoms with E-state index in [2.05, 4.69) is 24.9 Å². The molecule has 1 aliphatic rings. The zero-order valence-electron chi connectivity index (χ0n) is 15.0. The number of hydrogen-bond donors (Lipinski definition) is 2. The van der Waals surface area contributed by atoms with Crippen LogP contribution in [0.25, 0.3) is 0 Å². The van der Waals surface area contributed by atoms with Gasteiger partial charge in [-0.15, -0.1) is 0 Å². The SMILES string of the molecule is COCCc1nsc(N2CCCCC2CNC(=O)Nc2ccccc2)n1. The van der Waals surface area contributed by atoms with Gasteiger partial charge in [-0.3, -0.25) is 0 Å². The molecule has 1 aromatic heterocycles. The summed E-state index contributed by atoms with van der Waals surface area (Å²) in [6.07, 6.45) is 4.07. The molecule has 1 atom stereocenters. The summed E-state index contributed by atoms with van der Waals surface area (Å²) in [6, 6.07) is 9.52. The highest BCUT2D eigenvalue weighted by Gasteiger charge is 2.25. The number of nitrogens with one attached hydrogen (secondary N) is 2. The number of carbonyl (C=O) groups is 1. The van der Waals surface area contributed by atoms with Crippen LogP contribution >= 0.6 is 11.5 Å². The van der Waals surface area contributed by atoms with E-state index in [1.165, 1.54) is 18.0 Å². The smallest absolute Gasteiger partial charge is 0.319 e. The van der Waals surface area contributed by atoms with Crippen molar-refractivity contribution in [3.63, 3.8) is 0 Å². The summed E-state index contributed by atoms with van der Waals surface area (Å²) in [6.45, 7) is 2.16. The number of nitrogens with zero attached hydrogens (tertiary/aromatic N) is 3. The van der Waals surface area contributed by atoms with Crippen LogP contribution in [0.5, 0.6) is 0 Å². The lowest BCUT2D eigenvalue weighted by Gasteiger charge is -2.35. The van der Waals surface area contributed by atoms with Gasteiger partial charge in [0.05, 0.1) is 6.61 Å². The lowest BCUT2D eigenvalue weighted by molar-refractivity contribution is 0.201. The van der Waals surface area contributed by atoms with E-state index >= 15 is 0 Å². The minimum Gasteiger partial charge on any atom is -0.384 e. The molecule has 1 unspecified atom stereocenters. The molecule has 2 amide bonds. The van der Waals surface area contributed by atoms with Gasteiger partial charge in [0.25, 0.3) is 0 Å². The second-order valence-corrected chi connectivity index (χ2v) is 7.01. The third kappa shape index (κ3) is 5.15. The van der Waals surface area contributed by atoms with E-state index < -0.39 is 0 Å². The predicted octanol–water partition coefficient (Wildman–Crippen LogP) is 2.91. The average molecular weight is 375 g/mol. The molecule has 0 spiro atoms. The Morgan fingerprint density at radius 3 is 3.00 bits per heavy atom. The van der Waals surface area contributed by atoms with Gasteiger partial charge >= 0.3 is 6.03 Å². The number of anilines is 2. The highest BCUT2D eigenvalue weighted by atomic mass is 32.1. The van der Waals surface area contributed by atoms with E-state index in [0.717, 1.165) is 42.5 Å². The second kappa shape index (κ2) is 9.49. The van der Waals surface area contributed by atoms with Gasteiger partial charge in [0.1, 0.15) is 5.82 Å². The number of rotatable bonds is 7. The van der Waals surface area contributed by atoms with Crippen molar-refractivity contribution < 1.29 is 9.53 Å². The molecule has 26 heavy (non-hydrogen) atoms. The van der Waals surface area contributed by atoms with E-state index in [1.54, 1.807) is 7.11 Å². The first kappa shape index (κ1) is 18.6. The number of aromatic nitrogens is 2. The van der Waals surface area contributed by atoms with Crippen molar-refractivity contribution in [2.24, 2.45) is 0 Å². The van der Waals surface area contributed by atoms with Crippen molar-refractivity contribution in [2.75, 3.05) is 37.0 Å². The Hall–Kier alpha value is -2.19. The molecule has 2 aromatic rings. The van der Waals surface area contributed by atoms with Crippen LogP contribution in [0.1, 0.15) is 25.1 Å². The largest absolute Gasteiger partial charge is 0.384 e. The van der Waals surface area contributed by atoms with Gasteiger partial charge in [0.2, 0.25) is 5.13 Å². The molecule has 1 aliphatic heterocycles. The van der Waals surface area contributed by atoms with Crippen LogP contribution in [-0.2, 0) is 11.2 Å². The molecule has 1 fully saturated rings. The zero-order chi connectivity index (χ0) is 18.2. The first-order chi connectivity index (χ1) is 12.8. The van der Waals surface area contributed by atoms with Crippen LogP contribution in [0.4, 0.5) is 15.6 Å². The lowest BCUT2D eigenvalue weighted by atomic mass is 10.0. The first-order valence-electron chi connectivity index (χ1n) is 8.94. The normalized spacial score (nSPS) is 17.1. The molecule has 2 N–H and O–H groups in total. The van der Waals surface area contributed by atoms with Crippen molar-refractivity contribution >= 4 is 28.4 Å². The summed E-state index contributed by atoms with van der Waals surface area (Å²) in [5, 5.41) is 6.78. The molecule has 0 aliphatic carbocycles. The van der Waals surface area contributed by atoms with E-state index in [1.807, 2.05) is 30.3 Å². The minimum absolute atomic E-state index is 0.181. The van der Waals surface area contributed by atoms with Crippen LogP contribution in [0, 0.1) is 0 Å². The topological polar surface area (TPSA) is 79.4 Å². The predicted molar refractivity (Wildman–Crippen MR) is 104 cm³/mol. The number of hydrogen-bond acceptors (Lipinski definition) is 6. The second-order valence-electron chi connectivity index (χ2n) is 6.28. The van der Waals surface area contributed by atoms with Crippen molar-refractivity contribution in [3.8, 4) is 0 Å². The van der Waals surface area contributed by atoms with Gasteiger partial charge in [0.15, 0.2) is 0 Å². The minimum atomic E-state index is -0.181. The van der Waals surface area contributed by atoms with Crippen LogP contribution in [0.3, 0.4) is 0 Å². The van der Waals surface area contributed by atoms with E-state index in [0.29, 0.717) is 13.2 Å². The van der Waals surface area contributed by atoms with Gasteiger partial charge in [-0.1, -0.05) is 18.2 Å². The number of urea groups is 1. The molecule has 1 aromatic carbocycles. The molecular formula is C18H25N5O2S. The number of amides is 2. The Labute approximate surface area is 157 Å². The fraction of sp³-hybridized carbons (Fsp3) is 0.500. The molecule has 1 saturated heterocycles. The van der Waals surface area contributed by atoms with Gasteiger partial charge in [0, 0.05) is 49.9 Å². The van der Waals surface area contributed by atoms with Crippen molar-refractivity contribution in [1.29, 1.82) is 0 Å². The van der Waals surface area contributed by atoms with Gasteiger partial charge in [-0.25, -0.2) is 9.78 Å². The Morgan fingerprint density at radius 2 is 2.19 bits per heavy atom. The molecule has 140 valence electrons. The van der Waals surface area contributed by atoms with Crippen LogP contribution in [0.15, 0.2) is 30.3 Å². The molecule has 2 heterocycles. The number of methoxy groups -OCH3 is 1. The Morgan fingerprint density at radius 1 is 1.35 bits per heavy atom. The summed E-state index contributed by atoms with van der Waals surface area (Å²) in [5.74, 6) is 0.825. The molecule has 3 rings (SSSR count). The van der Waals surface area contributed by atoms with Gasteiger partial charge < -0.3 is 20.3 Å². The third-order valence-corrected chi connectivity index (χ3v) is 5.18. The molecule has 8 heteroatoms. The van der Waals surface area contributed by atoms with Crippen LogP contribution < -0.4 is 15.5 Å². The summed E-state index contributed by atoms with van der Waals surface area (Å²) in [4.78, 5) is 19.1. The maximum absolute atomic E-state index is 12.1. The van der Waals surface area contributed by atoms with E-state index in [-0.39, 0.29) is 12.1 Å². The highest BCUT2D eigenvalue weighted by Crippen LogP contribution is 2.26. The van der Waals surface area contributed by atoms with Gasteiger partial charge in [-0.05, 0) is 31.4 Å². The van der Waals surface area contributed by atoms with Gasteiger partial charge in [-0.2, -0.15) is 4.37 Å². The fourth-order valence-corrected chi connectivity index (χ4v) is 3.84. The van der Waals surface area contributed by atoms with Crippen LogP contribution in [0.2, 0.25) is 0 Å². The number of benzene rings is 1. The Kier molecular flexibility index (Phi) is 6.79. The van der Waals surface area contributed by atoms with Crippen molar-refractivity contribution in [2.45, 2.75) is 31.7 Å². The molecular weight excluding hydrogens is 350 g/mol. The standard InChI is InChI=1S/C18H25N5O2S/c1-25-12-10-16-21-18(26-22-16)23-11-6-5-9-15(23)13-19-17(24)20-14-7-3-2-4-8-14/h2-4,7-8,15H,5-6,9-13H2,1H3,(H2,19,20,24). The monoisotopic (exact) mass is 375 g/mol. The number of para-hydroxylation sites is 1. The number of piperidine rings is 1. The average Bonchev–Trinajstić information content (AvgIpc) is 3.14. The maximum atomic E-state index is 12.1. The number of carbonyl (C=O) groups excluding carboxylic acids is 1. The Balaban J connectivity index is 1.55. The van der Waals surface area contributed by atoms with E-state index in [9.17, 15) is 4.79 Å². The third-order valence-electron chi connectivity index (χ3n) is 4.39. The zero-order valence-corrected chi connectivity index (χ0v) is 15.8. The lowest BCUT2D eigenvalue weighted by Crippen LogP contribution is -2.47. The quantitative estimate of drug-likeness (QED) is 0.778. The molecule has 7 nitrogen and oxygen atoms in total. The van der Waals surface area contributed by atoms with Crippen molar-refractivity contribution in [3.05, 3.63) is 36.2 Å². The maximum Gasteiger partial charge on any atom is 0.319 e. The first-order valence-corrected chi connectivity index (χ1v) is 9.71. The summed E-state index contributed by atoms with van der Waals surface area (Å²) >= 11 is 1.43. The summed E-state index contributed by atoms with van der Waals surface area (Å²) in [5.41, 5.74) is 0.789. The van der Waals surface area contributed by atoms with Crippen LogP contribution in [-0.4, -0.2) is 48.2 Å². The molecule has 0 bridgehead atoms. The highest BCUT2D eigenvalue weighted by molar-refractivity contribution is 7.09. The Bertz CT molecular complexity index is 694. The summed E-state index contributed by atoms with van der Waals surface area (Å²) in [7, 11) is 1.68. The van der Waals surface area contributed by atoms with E-state index in [4.69, 9.17) is 4.74 Å². The number of ether oxygens (including phenoxy) is 1. The fourth-order valence-electron chi connectivity index (χ4n) is 3.03. The molecule has 0 saturated carbocycles.